The fourth-order valence-corrected chi connectivity index (χ4v) is 2.35. The Kier molecular flexibility index (Phi) is 4.37. The van der Waals surface area contributed by atoms with Gasteiger partial charge >= 0.3 is 0 Å². The summed E-state index contributed by atoms with van der Waals surface area (Å²) in [6.07, 6.45) is 3.19. The van der Waals surface area contributed by atoms with Gasteiger partial charge in [0, 0.05) is 11.8 Å². The molecule has 24 heavy (non-hydrogen) atoms. The third-order valence-corrected chi connectivity index (χ3v) is 3.50. The van der Waals surface area contributed by atoms with Crippen LogP contribution >= 0.6 is 0 Å². The predicted molar refractivity (Wildman–Crippen MR) is 86.8 cm³/mol. The highest BCUT2D eigenvalue weighted by Gasteiger charge is 2.11. The molecular weight excluding hydrogens is 312 g/mol. The Labute approximate surface area is 137 Å². The minimum absolute atomic E-state index is 0.0420. The second-order valence-electron chi connectivity index (χ2n) is 5.50. The largest absolute Gasteiger partial charge is 0.319 e. The zero-order chi connectivity index (χ0) is 17.1. The van der Waals surface area contributed by atoms with Crippen LogP contribution in [-0.2, 0) is 6.54 Å². The number of nitrogens with one attached hydrogen (secondary N) is 1. The van der Waals surface area contributed by atoms with Gasteiger partial charge in [0.2, 0.25) is 0 Å². The molecule has 0 saturated heterocycles. The molecule has 0 aliphatic rings. The number of aromatic nitrogens is 2. The molecule has 0 radical (unpaired) electrons. The summed E-state index contributed by atoms with van der Waals surface area (Å²) >= 11 is 0. The summed E-state index contributed by atoms with van der Waals surface area (Å²) in [4.78, 5) is 12.1. The van der Waals surface area contributed by atoms with Crippen LogP contribution in [0.1, 0.15) is 21.5 Å². The molecular formula is C18H15F2N3O. The van der Waals surface area contributed by atoms with Gasteiger partial charge in [0.05, 0.1) is 18.4 Å². The topological polar surface area (TPSA) is 46.9 Å². The van der Waals surface area contributed by atoms with Crippen molar-refractivity contribution in [3.63, 3.8) is 0 Å². The van der Waals surface area contributed by atoms with Gasteiger partial charge in [-0.25, -0.2) is 8.78 Å². The smallest absolute Gasteiger partial charge is 0.255 e. The summed E-state index contributed by atoms with van der Waals surface area (Å²) in [5.74, 6) is -2.57. The molecule has 1 aromatic heterocycles. The number of halogens is 2. The maximum absolute atomic E-state index is 13.2. The molecule has 0 unspecified atom stereocenters. The quantitative estimate of drug-likeness (QED) is 0.793. The van der Waals surface area contributed by atoms with Crippen molar-refractivity contribution in [2.45, 2.75) is 13.5 Å². The highest BCUT2D eigenvalue weighted by molar-refractivity contribution is 6.04. The molecule has 1 N–H and O–H groups in total. The summed E-state index contributed by atoms with van der Waals surface area (Å²) < 4.78 is 27.8. The maximum atomic E-state index is 13.2. The normalized spacial score (nSPS) is 10.6. The number of carbonyl (C=O) groups is 1. The van der Waals surface area contributed by atoms with E-state index in [9.17, 15) is 13.6 Å². The summed E-state index contributed by atoms with van der Waals surface area (Å²) in [5.41, 5.74) is 2.78. The van der Waals surface area contributed by atoms with Crippen molar-refractivity contribution >= 4 is 11.6 Å². The Morgan fingerprint density at radius 1 is 1.17 bits per heavy atom. The number of carbonyl (C=O) groups excluding carboxylic acids is 1. The molecule has 122 valence electrons. The van der Waals surface area contributed by atoms with Gasteiger partial charge in [0.25, 0.3) is 5.91 Å². The van der Waals surface area contributed by atoms with E-state index >= 15 is 0 Å². The van der Waals surface area contributed by atoms with Crippen LogP contribution < -0.4 is 5.32 Å². The number of hydrogen-bond donors (Lipinski definition) is 1. The van der Waals surface area contributed by atoms with Gasteiger partial charge in [-0.05, 0) is 30.7 Å². The Morgan fingerprint density at radius 3 is 2.75 bits per heavy atom. The van der Waals surface area contributed by atoms with Crippen LogP contribution in [0.5, 0.6) is 0 Å². The van der Waals surface area contributed by atoms with Crippen molar-refractivity contribution in [1.82, 2.24) is 9.78 Å². The third kappa shape index (κ3) is 3.65. The lowest BCUT2D eigenvalue weighted by Crippen LogP contribution is -2.12. The molecule has 3 rings (SSSR count). The van der Waals surface area contributed by atoms with Crippen molar-refractivity contribution < 1.29 is 13.6 Å². The molecule has 1 amide bonds. The molecule has 0 atom stereocenters. The standard InChI is InChI=1S/C18H15F2N3O/c1-12-3-2-4-13(7-12)10-23-11-15(9-21-23)22-18(24)14-5-6-16(19)17(20)8-14/h2-9,11H,10H2,1H3,(H,22,24). The second kappa shape index (κ2) is 6.62. The number of anilines is 1. The molecule has 6 heteroatoms. The van der Waals surface area contributed by atoms with Gasteiger partial charge < -0.3 is 5.32 Å². The minimum atomic E-state index is -1.06. The monoisotopic (exact) mass is 327 g/mol. The van der Waals surface area contributed by atoms with Gasteiger partial charge in [-0.1, -0.05) is 29.8 Å². The van der Waals surface area contributed by atoms with Crippen molar-refractivity contribution in [3.05, 3.63) is 83.2 Å². The maximum Gasteiger partial charge on any atom is 0.255 e. The first kappa shape index (κ1) is 15.9. The summed E-state index contributed by atoms with van der Waals surface area (Å²) in [7, 11) is 0. The van der Waals surface area contributed by atoms with Crippen molar-refractivity contribution in [3.8, 4) is 0 Å². The van der Waals surface area contributed by atoms with E-state index in [1.165, 1.54) is 12.3 Å². The molecule has 2 aromatic carbocycles. The SMILES string of the molecule is Cc1cccc(Cn2cc(NC(=O)c3ccc(F)c(F)c3)cn2)c1. The molecule has 4 nitrogen and oxygen atoms in total. The number of benzene rings is 2. The highest BCUT2D eigenvalue weighted by atomic mass is 19.2. The summed E-state index contributed by atoms with van der Waals surface area (Å²) in [6.45, 7) is 2.59. The first-order chi connectivity index (χ1) is 11.5. The molecule has 3 aromatic rings. The zero-order valence-corrected chi connectivity index (χ0v) is 13.0. The highest BCUT2D eigenvalue weighted by Crippen LogP contribution is 2.13. The first-order valence-electron chi connectivity index (χ1n) is 7.36. The Balaban J connectivity index is 1.69. The lowest BCUT2D eigenvalue weighted by Gasteiger charge is -2.04. The van der Waals surface area contributed by atoms with Gasteiger partial charge in [-0.3, -0.25) is 9.48 Å². The Bertz CT molecular complexity index is 889. The fourth-order valence-electron chi connectivity index (χ4n) is 2.35. The van der Waals surface area contributed by atoms with Crippen LogP contribution in [0.15, 0.2) is 54.9 Å². The van der Waals surface area contributed by atoms with Crippen LogP contribution in [0.3, 0.4) is 0 Å². The van der Waals surface area contributed by atoms with Crippen LogP contribution in [0, 0.1) is 18.6 Å². The summed E-state index contributed by atoms with van der Waals surface area (Å²) in [6, 6.07) is 11.0. The first-order valence-corrected chi connectivity index (χ1v) is 7.36. The zero-order valence-electron chi connectivity index (χ0n) is 13.0. The molecule has 0 fully saturated rings. The van der Waals surface area contributed by atoms with Crippen LogP contribution in [0.2, 0.25) is 0 Å². The average molecular weight is 327 g/mol. The van der Waals surface area contributed by atoms with E-state index in [2.05, 4.69) is 16.5 Å². The van der Waals surface area contributed by atoms with E-state index in [1.807, 2.05) is 25.1 Å². The molecule has 0 saturated carbocycles. The van der Waals surface area contributed by atoms with Gasteiger partial charge in [0.15, 0.2) is 11.6 Å². The lowest BCUT2D eigenvalue weighted by molar-refractivity contribution is 0.102. The Hall–Kier alpha value is -3.02. The predicted octanol–water partition coefficient (Wildman–Crippen LogP) is 3.77. The number of nitrogens with zero attached hydrogens (tertiary/aromatic N) is 2. The molecule has 1 heterocycles. The number of hydrogen-bond acceptors (Lipinski definition) is 2. The van der Waals surface area contributed by atoms with Gasteiger partial charge in [-0.2, -0.15) is 5.10 Å². The van der Waals surface area contributed by atoms with E-state index in [4.69, 9.17) is 0 Å². The summed E-state index contributed by atoms with van der Waals surface area (Å²) in [5, 5.41) is 6.80. The fraction of sp³-hybridized carbons (Fsp3) is 0.111. The van der Waals surface area contributed by atoms with Gasteiger partial charge in [-0.15, -0.1) is 0 Å². The van der Waals surface area contributed by atoms with Crippen molar-refractivity contribution in [1.29, 1.82) is 0 Å². The van der Waals surface area contributed by atoms with Crippen LogP contribution in [-0.4, -0.2) is 15.7 Å². The molecule has 0 aliphatic heterocycles. The average Bonchev–Trinajstić information content (AvgIpc) is 2.97. The van der Waals surface area contributed by atoms with Crippen LogP contribution in [0.25, 0.3) is 0 Å². The Morgan fingerprint density at radius 2 is 2.00 bits per heavy atom. The second-order valence-corrected chi connectivity index (χ2v) is 5.50. The number of aryl methyl sites for hydroxylation is 1. The number of amides is 1. The van der Waals surface area contributed by atoms with Crippen molar-refractivity contribution in [2.75, 3.05) is 5.32 Å². The van der Waals surface area contributed by atoms with E-state index in [0.717, 1.165) is 23.3 Å². The van der Waals surface area contributed by atoms with Crippen molar-refractivity contribution in [2.24, 2.45) is 0 Å². The van der Waals surface area contributed by atoms with E-state index in [-0.39, 0.29) is 5.56 Å². The molecule has 0 aliphatic carbocycles. The minimum Gasteiger partial charge on any atom is -0.319 e. The van der Waals surface area contributed by atoms with E-state index in [1.54, 1.807) is 10.9 Å². The van der Waals surface area contributed by atoms with E-state index in [0.29, 0.717) is 12.2 Å². The molecule has 0 bridgehead atoms. The molecule has 0 spiro atoms. The lowest BCUT2D eigenvalue weighted by atomic mass is 10.1. The number of rotatable bonds is 4. The van der Waals surface area contributed by atoms with Crippen LogP contribution in [0.4, 0.5) is 14.5 Å². The van der Waals surface area contributed by atoms with Gasteiger partial charge in [0.1, 0.15) is 0 Å². The van der Waals surface area contributed by atoms with E-state index < -0.39 is 17.5 Å². The third-order valence-electron chi connectivity index (χ3n) is 3.50.